The van der Waals surface area contributed by atoms with Gasteiger partial charge in [0.2, 0.25) is 5.91 Å². The van der Waals surface area contributed by atoms with Crippen molar-refractivity contribution in [1.29, 1.82) is 0 Å². The molecule has 0 spiro atoms. The fourth-order valence-corrected chi connectivity index (χ4v) is 3.03. The lowest BCUT2D eigenvalue weighted by atomic mass is 10.0. The maximum absolute atomic E-state index is 12.4. The Labute approximate surface area is 135 Å². The first-order valence-electron chi connectivity index (χ1n) is 7.94. The van der Waals surface area contributed by atoms with Gasteiger partial charge in [-0.3, -0.25) is 9.89 Å². The second kappa shape index (κ2) is 5.81. The summed E-state index contributed by atoms with van der Waals surface area (Å²) in [5.74, 6) is 0.857. The summed E-state index contributed by atoms with van der Waals surface area (Å²) in [4.78, 5) is 16.6. The van der Waals surface area contributed by atoms with E-state index >= 15 is 0 Å². The molecule has 4 N–H and O–H groups in total. The number of nitrogens with two attached hydrogens (primary N) is 1. The average Bonchev–Trinajstić information content (AvgIpc) is 3.05. The zero-order chi connectivity index (χ0) is 16.6. The van der Waals surface area contributed by atoms with Gasteiger partial charge in [-0.05, 0) is 33.6 Å². The molecular formula is C16H24N6O. The molecule has 0 aliphatic heterocycles. The van der Waals surface area contributed by atoms with E-state index in [1.165, 1.54) is 0 Å². The molecule has 7 heteroatoms. The fraction of sp³-hybridized carbons (Fsp3) is 0.562. The molecule has 0 bridgehead atoms. The first kappa shape index (κ1) is 15.7. The number of imidazole rings is 1. The third-order valence-corrected chi connectivity index (χ3v) is 4.80. The van der Waals surface area contributed by atoms with E-state index in [0.29, 0.717) is 6.54 Å². The standard InChI is InChI=1S/C16H24N6O/c1-10-13(11(2)21-20-10)14(17)15(23)19-8-16(4-5-16)9-22-7-6-18-12(22)3/h6-7,14H,4-5,8-9,17H2,1-3H3,(H,19,23)(H,20,21)/t14-/m1/s1. The maximum atomic E-state index is 12.4. The van der Waals surface area contributed by atoms with E-state index in [4.69, 9.17) is 5.73 Å². The first-order valence-corrected chi connectivity index (χ1v) is 7.94. The summed E-state index contributed by atoms with van der Waals surface area (Å²) in [5.41, 5.74) is 8.66. The van der Waals surface area contributed by atoms with Crippen LogP contribution in [0.5, 0.6) is 0 Å². The topological polar surface area (TPSA) is 102 Å². The van der Waals surface area contributed by atoms with Gasteiger partial charge in [-0.25, -0.2) is 4.98 Å². The van der Waals surface area contributed by atoms with Gasteiger partial charge in [-0.15, -0.1) is 0 Å². The van der Waals surface area contributed by atoms with Gasteiger partial charge in [-0.2, -0.15) is 5.10 Å². The van der Waals surface area contributed by atoms with Crippen LogP contribution in [-0.4, -0.2) is 32.2 Å². The number of aryl methyl sites for hydroxylation is 3. The van der Waals surface area contributed by atoms with Crippen LogP contribution < -0.4 is 11.1 Å². The molecule has 0 unspecified atom stereocenters. The third kappa shape index (κ3) is 3.14. The van der Waals surface area contributed by atoms with Gasteiger partial charge in [0.25, 0.3) is 0 Å². The van der Waals surface area contributed by atoms with Crippen molar-refractivity contribution in [1.82, 2.24) is 25.1 Å². The van der Waals surface area contributed by atoms with E-state index in [0.717, 1.165) is 42.2 Å². The number of aromatic amines is 1. The lowest BCUT2D eigenvalue weighted by Crippen LogP contribution is -2.38. The Balaban J connectivity index is 1.60. The van der Waals surface area contributed by atoms with Crippen LogP contribution in [0, 0.1) is 26.2 Å². The van der Waals surface area contributed by atoms with Crippen molar-refractivity contribution in [3.05, 3.63) is 35.2 Å². The lowest BCUT2D eigenvalue weighted by molar-refractivity contribution is -0.122. The summed E-state index contributed by atoms with van der Waals surface area (Å²) in [7, 11) is 0. The normalized spacial score (nSPS) is 17.0. The van der Waals surface area contributed by atoms with Crippen molar-refractivity contribution in [3.63, 3.8) is 0 Å². The summed E-state index contributed by atoms with van der Waals surface area (Å²) in [6, 6.07) is -0.681. The number of carbonyl (C=O) groups excluding carboxylic acids is 1. The number of H-pyrrole nitrogens is 1. The molecule has 1 saturated carbocycles. The van der Waals surface area contributed by atoms with Crippen molar-refractivity contribution in [2.45, 2.75) is 46.2 Å². The highest BCUT2D eigenvalue weighted by atomic mass is 16.2. The predicted octanol–water partition coefficient (Wildman–Crippen LogP) is 1.13. The molecule has 1 aliphatic rings. The van der Waals surface area contributed by atoms with Crippen LogP contribution in [0.25, 0.3) is 0 Å². The molecule has 0 radical (unpaired) electrons. The summed E-state index contributed by atoms with van der Waals surface area (Å²) >= 11 is 0. The Hall–Kier alpha value is -2.15. The van der Waals surface area contributed by atoms with Crippen molar-refractivity contribution >= 4 is 5.91 Å². The van der Waals surface area contributed by atoms with Crippen LogP contribution >= 0.6 is 0 Å². The van der Waals surface area contributed by atoms with Crippen molar-refractivity contribution in [2.24, 2.45) is 11.1 Å². The van der Waals surface area contributed by atoms with Crippen molar-refractivity contribution < 1.29 is 4.79 Å². The number of hydrogen-bond acceptors (Lipinski definition) is 4. The second-order valence-electron chi connectivity index (χ2n) is 6.65. The Kier molecular flexibility index (Phi) is 3.97. The minimum atomic E-state index is -0.681. The molecule has 23 heavy (non-hydrogen) atoms. The molecule has 3 rings (SSSR count). The molecule has 2 aromatic rings. The second-order valence-corrected chi connectivity index (χ2v) is 6.65. The zero-order valence-electron chi connectivity index (χ0n) is 13.9. The van der Waals surface area contributed by atoms with Crippen LogP contribution in [0.1, 0.15) is 41.7 Å². The Bertz CT molecular complexity index is 692. The minimum absolute atomic E-state index is 0.140. The van der Waals surface area contributed by atoms with E-state index in [1.54, 1.807) is 0 Å². The maximum Gasteiger partial charge on any atom is 0.241 e. The Morgan fingerprint density at radius 2 is 2.22 bits per heavy atom. The van der Waals surface area contributed by atoms with Gasteiger partial charge >= 0.3 is 0 Å². The highest BCUT2D eigenvalue weighted by Gasteiger charge is 2.43. The largest absolute Gasteiger partial charge is 0.354 e. The van der Waals surface area contributed by atoms with Gasteiger partial charge in [0, 0.05) is 42.2 Å². The third-order valence-electron chi connectivity index (χ3n) is 4.80. The van der Waals surface area contributed by atoms with E-state index in [1.807, 2.05) is 33.2 Å². The quantitative estimate of drug-likeness (QED) is 0.743. The highest BCUT2D eigenvalue weighted by molar-refractivity contribution is 5.83. The molecule has 2 heterocycles. The van der Waals surface area contributed by atoms with Gasteiger partial charge in [0.05, 0.1) is 5.69 Å². The van der Waals surface area contributed by atoms with Crippen molar-refractivity contribution in [3.8, 4) is 0 Å². The SMILES string of the molecule is Cc1n[nH]c(C)c1[C@@H](N)C(=O)NCC1(Cn2ccnc2C)CC1. The Morgan fingerprint density at radius 1 is 1.48 bits per heavy atom. The number of nitrogens with zero attached hydrogens (tertiary/aromatic N) is 3. The molecule has 2 aromatic heterocycles. The van der Waals surface area contributed by atoms with Crippen molar-refractivity contribution in [2.75, 3.05) is 6.54 Å². The smallest absolute Gasteiger partial charge is 0.241 e. The molecule has 124 valence electrons. The summed E-state index contributed by atoms with van der Waals surface area (Å²) < 4.78 is 2.14. The number of amides is 1. The van der Waals surface area contributed by atoms with Crippen LogP contribution in [-0.2, 0) is 11.3 Å². The molecule has 1 atom stereocenters. The zero-order valence-corrected chi connectivity index (χ0v) is 13.9. The number of aromatic nitrogens is 4. The van der Waals surface area contributed by atoms with E-state index < -0.39 is 6.04 Å². The van der Waals surface area contributed by atoms with Gasteiger partial charge in [0.1, 0.15) is 11.9 Å². The molecular weight excluding hydrogens is 292 g/mol. The molecule has 0 saturated heterocycles. The van der Waals surface area contributed by atoms with Crippen LogP contribution in [0.3, 0.4) is 0 Å². The van der Waals surface area contributed by atoms with Crippen LogP contribution in [0.2, 0.25) is 0 Å². The molecule has 0 aromatic carbocycles. The summed E-state index contributed by atoms with van der Waals surface area (Å²) in [6.45, 7) is 7.27. The molecule has 1 fully saturated rings. The number of nitrogens with one attached hydrogen (secondary N) is 2. The monoisotopic (exact) mass is 316 g/mol. The highest BCUT2D eigenvalue weighted by Crippen LogP contribution is 2.46. The first-order chi connectivity index (χ1) is 10.9. The van der Waals surface area contributed by atoms with E-state index in [2.05, 4.69) is 25.1 Å². The van der Waals surface area contributed by atoms with Crippen LogP contribution in [0.15, 0.2) is 12.4 Å². The molecule has 1 amide bonds. The number of rotatable bonds is 6. The Morgan fingerprint density at radius 3 is 2.74 bits per heavy atom. The fourth-order valence-electron chi connectivity index (χ4n) is 3.03. The number of hydrogen-bond donors (Lipinski definition) is 3. The molecule has 1 aliphatic carbocycles. The summed E-state index contributed by atoms with van der Waals surface area (Å²) in [6.07, 6.45) is 6.03. The summed E-state index contributed by atoms with van der Waals surface area (Å²) in [5, 5.41) is 10.00. The van der Waals surface area contributed by atoms with E-state index in [9.17, 15) is 4.79 Å². The van der Waals surface area contributed by atoms with Gasteiger partial charge < -0.3 is 15.6 Å². The van der Waals surface area contributed by atoms with Crippen LogP contribution in [0.4, 0.5) is 0 Å². The van der Waals surface area contributed by atoms with Gasteiger partial charge in [0.15, 0.2) is 0 Å². The predicted molar refractivity (Wildman–Crippen MR) is 86.6 cm³/mol. The van der Waals surface area contributed by atoms with Gasteiger partial charge in [-0.1, -0.05) is 0 Å². The lowest BCUT2D eigenvalue weighted by Gasteiger charge is -2.19. The number of carbonyl (C=O) groups is 1. The minimum Gasteiger partial charge on any atom is -0.354 e. The van der Waals surface area contributed by atoms with E-state index in [-0.39, 0.29) is 11.3 Å². The average molecular weight is 316 g/mol. The molecule has 7 nitrogen and oxygen atoms in total.